The molecule has 0 aliphatic rings. The van der Waals surface area contributed by atoms with Crippen LogP contribution >= 0.6 is 0 Å². The van der Waals surface area contributed by atoms with Gasteiger partial charge in [0.15, 0.2) is 0 Å². The summed E-state index contributed by atoms with van der Waals surface area (Å²) in [4.78, 5) is 5.88. The van der Waals surface area contributed by atoms with Crippen LogP contribution in [0.4, 0.5) is 0 Å². The largest absolute Gasteiger partial charge is 0.455 e. The van der Waals surface area contributed by atoms with Crippen LogP contribution in [0.1, 0.15) is 16.7 Å². The first-order valence-electron chi connectivity index (χ1n) is 13.8. The summed E-state index contributed by atoms with van der Waals surface area (Å²) in [6.07, 6.45) is 5.85. The first kappa shape index (κ1) is 29.9. The molecule has 0 spiro atoms. The number of ether oxygens (including phenoxy) is 3. The van der Waals surface area contributed by atoms with Gasteiger partial charge in [-0.05, 0) is 0 Å². The average Bonchev–Trinajstić information content (AvgIpc) is 2.97. The van der Waals surface area contributed by atoms with E-state index < -0.39 is 0 Å². The zero-order valence-electron chi connectivity index (χ0n) is 25.2. The molecular weight excluding hydrogens is 522 g/mol. The normalized spacial score (nSPS) is 12.0. The topological polar surface area (TPSA) is 37.4 Å². The maximum absolute atomic E-state index is 6.53. The van der Waals surface area contributed by atoms with Gasteiger partial charge in [0.2, 0.25) is 0 Å². The zero-order chi connectivity index (χ0) is 29.9. The van der Waals surface area contributed by atoms with Gasteiger partial charge >= 0.3 is 0 Å². The lowest BCUT2D eigenvalue weighted by Crippen LogP contribution is -2.08. The highest BCUT2D eigenvalue weighted by molar-refractivity contribution is 5.66. The van der Waals surface area contributed by atoms with Crippen LogP contribution in [-0.4, -0.2) is 57.0 Å². The fraction of sp³-hybridized carbons (Fsp3) is 0.167. The third-order valence-electron chi connectivity index (χ3n) is 5.84. The molecule has 0 unspecified atom stereocenters. The van der Waals surface area contributed by atoms with Crippen molar-refractivity contribution in [3.8, 4) is 17.2 Å². The molecular formula is C36H39N3O3. The van der Waals surface area contributed by atoms with Crippen molar-refractivity contribution in [1.29, 1.82) is 0 Å². The molecule has 0 amide bonds. The van der Waals surface area contributed by atoms with Gasteiger partial charge in [0, 0.05) is 95.8 Å². The Hall–Kier alpha value is -5.10. The molecule has 0 saturated carbocycles. The van der Waals surface area contributed by atoms with E-state index in [1.54, 1.807) is 0 Å². The minimum Gasteiger partial charge on any atom is -0.455 e. The average molecular weight is 562 g/mol. The van der Waals surface area contributed by atoms with Crippen molar-refractivity contribution in [2.45, 2.75) is 0 Å². The molecule has 0 aromatic heterocycles. The Morgan fingerprint density at radius 2 is 0.643 bits per heavy atom. The molecule has 0 saturated heterocycles. The Labute approximate surface area is 250 Å². The molecule has 0 aliphatic carbocycles. The summed E-state index contributed by atoms with van der Waals surface area (Å²) in [6.45, 7) is 0. The second-order valence-corrected chi connectivity index (χ2v) is 10.4. The summed E-state index contributed by atoms with van der Waals surface area (Å²) in [5.74, 6) is 3.82. The summed E-state index contributed by atoms with van der Waals surface area (Å²) in [7, 11) is 11.8. The van der Waals surface area contributed by atoms with E-state index in [0.29, 0.717) is 34.5 Å². The Morgan fingerprint density at radius 1 is 0.405 bits per heavy atom. The third kappa shape index (κ3) is 8.96. The molecule has 0 bridgehead atoms. The predicted octanol–water partition coefficient (Wildman–Crippen LogP) is 7.50. The van der Waals surface area contributed by atoms with Gasteiger partial charge in [-0.1, -0.05) is 91.0 Å². The van der Waals surface area contributed by atoms with Gasteiger partial charge in [0.25, 0.3) is 0 Å². The van der Waals surface area contributed by atoms with Gasteiger partial charge in [-0.25, -0.2) is 0 Å². The molecule has 0 N–H and O–H groups in total. The van der Waals surface area contributed by atoms with Crippen LogP contribution in [0.2, 0.25) is 0 Å². The molecule has 0 fully saturated rings. The molecule has 0 aliphatic heterocycles. The second-order valence-electron chi connectivity index (χ2n) is 10.4. The van der Waals surface area contributed by atoms with Gasteiger partial charge in [0.05, 0.1) is 0 Å². The van der Waals surface area contributed by atoms with E-state index in [9.17, 15) is 0 Å². The van der Waals surface area contributed by atoms with Crippen LogP contribution in [0.5, 0.6) is 17.2 Å². The molecule has 4 rings (SSSR count). The molecule has 0 radical (unpaired) electrons. The van der Waals surface area contributed by atoms with Crippen LogP contribution < -0.4 is 14.2 Å². The van der Waals surface area contributed by atoms with Crippen molar-refractivity contribution in [3.05, 3.63) is 144 Å². The summed E-state index contributed by atoms with van der Waals surface area (Å²) in [6, 6.07) is 35.7. The van der Waals surface area contributed by atoms with E-state index >= 15 is 0 Å². The minimum absolute atomic E-state index is 0.578. The molecule has 42 heavy (non-hydrogen) atoms. The maximum atomic E-state index is 6.53. The minimum atomic E-state index is 0.578. The van der Waals surface area contributed by atoms with Crippen molar-refractivity contribution in [1.82, 2.24) is 14.7 Å². The van der Waals surface area contributed by atoms with Crippen LogP contribution in [0.3, 0.4) is 0 Å². The highest BCUT2D eigenvalue weighted by Crippen LogP contribution is 2.35. The van der Waals surface area contributed by atoms with Gasteiger partial charge in [-0.15, -0.1) is 0 Å². The third-order valence-corrected chi connectivity index (χ3v) is 5.84. The highest BCUT2D eigenvalue weighted by atomic mass is 16.5. The first-order chi connectivity index (χ1) is 20.3. The number of rotatable bonds is 12. The van der Waals surface area contributed by atoms with Gasteiger partial charge in [-0.2, -0.15) is 0 Å². The first-order valence-corrected chi connectivity index (χ1v) is 13.8. The molecule has 216 valence electrons. The van der Waals surface area contributed by atoms with E-state index in [1.807, 2.05) is 185 Å². The molecule has 0 heterocycles. The molecule has 4 aromatic carbocycles. The highest BCUT2D eigenvalue weighted by Gasteiger charge is 2.14. The number of nitrogens with zero attached hydrogens (tertiary/aromatic N) is 3. The van der Waals surface area contributed by atoms with Crippen LogP contribution in [0, 0.1) is 0 Å². The van der Waals surface area contributed by atoms with Gasteiger partial charge < -0.3 is 28.9 Å². The molecule has 6 nitrogen and oxygen atoms in total. The van der Waals surface area contributed by atoms with Crippen molar-refractivity contribution < 1.29 is 14.2 Å². The Balaban J connectivity index is 1.79. The lowest BCUT2D eigenvalue weighted by atomic mass is 10.2. The molecule has 4 aromatic rings. The molecule has 6 heteroatoms. The van der Waals surface area contributed by atoms with Crippen molar-refractivity contribution in [3.63, 3.8) is 0 Å². The Bertz CT molecular complexity index is 1310. The number of benzene rings is 4. The van der Waals surface area contributed by atoms with E-state index in [1.165, 1.54) is 0 Å². The van der Waals surface area contributed by atoms with Crippen LogP contribution in [0.25, 0.3) is 17.3 Å². The smallest absolute Gasteiger partial charge is 0.150 e. The second kappa shape index (κ2) is 14.5. The maximum Gasteiger partial charge on any atom is 0.150 e. The van der Waals surface area contributed by atoms with Crippen LogP contribution in [0.15, 0.2) is 128 Å². The number of hydrogen-bond acceptors (Lipinski definition) is 6. The zero-order valence-corrected chi connectivity index (χ0v) is 25.2. The van der Waals surface area contributed by atoms with E-state index in [-0.39, 0.29) is 0 Å². The Kier molecular flexibility index (Phi) is 10.3. The SMILES string of the molecule is CN(C)/C=C(/Oc1cc(O/C(=C/N(C)C)c2ccccc2)cc(O/C(=C/N(C)C)c2ccccc2)c1)c1ccccc1. The lowest BCUT2D eigenvalue weighted by molar-refractivity contribution is 0.451. The Morgan fingerprint density at radius 3 is 0.857 bits per heavy atom. The van der Waals surface area contributed by atoms with Crippen molar-refractivity contribution >= 4 is 17.3 Å². The summed E-state index contributed by atoms with van der Waals surface area (Å²) < 4.78 is 19.6. The quantitative estimate of drug-likeness (QED) is 0.167. The lowest BCUT2D eigenvalue weighted by Gasteiger charge is -2.19. The molecule has 0 atom stereocenters. The monoisotopic (exact) mass is 561 g/mol. The van der Waals surface area contributed by atoms with E-state index in [0.717, 1.165) is 16.7 Å². The van der Waals surface area contributed by atoms with Gasteiger partial charge in [0.1, 0.15) is 34.5 Å². The fourth-order valence-electron chi connectivity index (χ4n) is 4.09. The summed E-state index contributed by atoms with van der Waals surface area (Å²) in [5.41, 5.74) is 2.86. The standard InChI is InChI=1S/C36H39N3O3/c1-37(2)25-34(28-16-10-7-11-17-28)40-31-22-32(41-35(26-38(3)4)29-18-12-8-13-19-29)24-33(23-31)42-36(27-39(5)6)30-20-14-9-15-21-30/h7-27H,1-6H3/b34-25+,35-26+,36-27+. The summed E-state index contributed by atoms with van der Waals surface area (Å²) >= 11 is 0. The van der Waals surface area contributed by atoms with E-state index in [4.69, 9.17) is 14.2 Å². The predicted molar refractivity (Wildman–Crippen MR) is 173 cm³/mol. The fourth-order valence-corrected chi connectivity index (χ4v) is 4.09. The van der Waals surface area contributed by atoms with Gasteiger partial charge in [-0.3, -0.25) is 0 Å². The van der Waals surface area contributed by atoms with Crippen molar-refractivity contribution in [2.75, 3.05) is 42.3 Å². The van der Waals surface area contributed by atoms with Crippen molar-refractivity contribution in [2.24, 2.45) is 0 Å². The van der Waals surface area contributed by atoms with E-state index in [2.05, 4.69) is 0 Å². The van der Waals surface area contributed by atoms with Crippen LogP contribution in [-0.2, 0) is 0 Å². The number of hydrogen-bond donors (Lipinski definition) is 0. The summed E-state index contributed by atoms with van der Waals surface area (Å²) in [5, 5.41) is 0.